The standard InChI is InChI=1S/C34H49N3O4/c1-9-11-12-16-22-37(29(30(38)36-33(3,4)5)27-21-17-20-25(10-2)23-27)31(39)28(24-26-18-14-13-15-19-26)35-32(40)41-34(6,7)8/h10,13-15,17-21,23,28-29H,2,9,11-12,16,22,24H2,1,3-8H3,(H,35,40)(H,36,38). The van der Waals surface area contributed by atoms with E-state index in [0.717, 1.165) is 36.8 Å². The largest absolute Gasteiger partial charge is 0.444 e. The van der Waals surface area contributed by atoms with Gasteiger partial charge in [-0.1, -0.05) is 87.4 Å². The van der Waals surface area contributed by atoms with Crippen LogP contribution in [0.25, 0.3) is 6.08 Å². The van der Waals surface area contributed by atoms with Gasteiger partial charge in [0.05, 0.1) is 0 Å². The smallest absolute Gasteiger partial charge is 0.408 e. The topological polar surface area (TPSA) is 87.7 Å². The Kier molecular flexibility index (Phi) is 12.6. The third-order valence-electron chi connectivity index (χ3n) is 6.33. The number of alkyl carbamates (subject to hydrolysis) is 1. The van der Waals surface area contributed by atoms with E-state index in [9.17, 15) is 14.4 Å². The van der Waals surface area contributed by atoms with Crippen molar-refractivity contribution in [3.63, 3.8) is 0 Å². The molecule has 7 nitrogen and oxygen atoms in total. The monoisotopic (exact) mass is 563 g/mol. The molecule has 41 heavy (non-hydrogen) atoms. The summed E-state index contributed by atoms with van der Waals surface area (Å²) in [6.45, 7) is 17.4. The second-order valence-corrected chi connectivity index (χ2v) is 12.5. The van der Waals surface area contributed by atoms with E-state index in [2.05, 4.69) is 24.1 Å². The van der Waals surface area contributed by atoms with Crippen molar-refractivity contribution >= 4 is 24.0 Å². The molecule has 0 aromatic heterocycles. The molecule has 2 atom stereocenters. The van der Waals surface area contributed by atoms with E-state index in [1.54, 1.807) is 31.7 Å². The van der Waals surface area contributed by atoms with E-state index >= 15 is 0 Å². The van der Waals surface area contributed by atoms with Crippen molar-refractivity contribution in [3.05, 3.63) is 77.9 Å². The molecule has 2 rings (SSSR count). The van der Waals surface area contributed by atoms with Crippen LogP contribution in [0.4, 0.5) is 4.79 Å². The zero-order valence-corrected chi connectivity index (χ0v) is 26.0. The van der Waals surface area contributed by atoms with Gasteiger partial charge in [0.2, 0.25) is 11.8 Å². The maximum atomic E-state index is 14.5. The van der Waals surface area contributed by atoms with E-state index in [1.807, 2.05) is 75.4 Å². The lowest BCUT2D eigenvalue weighted by molar-refractivity contribution is -0.143. The van der Waals surface area contributed by atoms with Gasteiger partial charge >= 0.3 is 6.09 Å². The predicted octanol–water partition coefficient (Wildman–Crippen LogP) is 6.83. The lowest BCUT2D eigenvalue weighted by Crippen LogP contribution is -2.55. The molecule has 0 aliphatic heterocycles. The fraction of sp³-hybridized carbons (Fsp3) is 0.500. The minimum absolute atomic E-state index is 0.255. The third kappa shape index (κ3) is 11.8. The van der Waals surface area contributed by atoms with Crippen LogP contribution in [0.2, 0.25) is 0 Å². The Hall–Kier alpha value is -3.61. The van der Waals surface area contributed by atoms with E-state index in [0.29, 0.717) is 12.1 Å². The molecule has 0 saturated heterocycles. The molecule has 2 unspecified atom stereocenters. The molecule has 0 saturated carbocycles. The number of nitrogens with zero attached hydrogens (tertiary/aromatic N) is 1. The van der Waals surface area contributed by atoms with Gasteiger partial charge in [-0.25, -0.2) is 4.79 Å². The first kappa shape index (κ1) is 33.6. The average Bonchev–Trinajstić information content (AvgIpc) is 2.88. The van der Waals surface area contributed by atoms with Crippen LogP contribution in [0.1, 0.15) is 96.9 Å². The van der Waals surface area contributed by atoms with Crippen molar-refractivity contribution in [1.82, 2.24) is 15.5 Å². The van der Waals surface area contributed by atoms with E-state index in [4.69, 9.17) is 4.74 Å². The van der Waals surface area contributed by atoms with E-state index in [-0.39, 0.29) is 18.2 Å². The number of benzene rings is 2. The van der Waals surface area contributed by atoms with E-state index in [1.165, 1.54) is 0 Å². The molecule has 2 N–H and O–H groups in total. The summed E-state index contributed by atoms with van der Waals surface area (Å²) in [5.74, 6) is -0.618. The van der Waals surface area contributed by atoms with Crippen LogP contribution in [-0.2, 0) is 20.7 Å². The number of carbonyl (C=O) groups excluding carboxylic acids is 3. The molecule has 2 aromatic rings. The molecule has 0 fully saturated rings. The molecule has 0 aliphatic rings. The summed E-state index contributed by atoms with van der Waals surface area (Å²) in [4.78, 5) is 43.0. The summed E-state index contributed by atoms with van der Waals surface area (Å²) in [6.07, 6.45) is 5.01. The highest BCUT2D eigenvalue weighted by molar-refractivity contribution is 5.92. The van der Waals surface area contributed by atoms with E-state index < -0.39 is 29.3 Å². The maximum Gasteiger partial charge on any atom is 0.408 e. The first-order valence-corrected chi connectivity index (χ1v) is 14.6. The van der Waals surface area contributed by atoms with Crippen molar-refractivity contribution in [2.24, 2.45) is 0 Å². The number of nitrogens with one attached hydrogen (secondary N) is 2. The van der Waals surface area contributed by atoms with Crippen LogP contribution in [0.15, 0.2) is 61.2 Å². The number of hydrogen-bond acceptors (Lipinski definition) is 4. The van der Waals surface area contributed by atoms with Crippen LogP contribution in [0.5, 0.6) is 0 Å². The van der Waals surface area contributed by atoms with Crippen molar-refractivity contribution in [3.8, 4) is 0 Å². The number of hydrogen-bond donors (Lipinski definition) is 2. The zero-order chi connectivity index (χ0) is 30.6. The quantitative estimate of drug-likeness (QED) is 0.262. The minimum atomic E-state index is -0.939. The molecule has 2 aromatic carbocycles. The molecule has 224 valence electrons. The highest BCUT2D eigenvalue weighted by Gasteiger charge is 2.37. The molecule has 3 amide bonds. The van der Waals surface area contributed by atoms with Crippen LogP contribution in [-0.4, -0.2) is 46.5 Å². The third-order valence-corrected chi connectivity index (χ3v) is 6.33. The number of rotatable bonds is 13. The van der Waals surface area contributed by atoms with Gasteiger partial charge in [0, 0.05) is 18.5 Å². The van der Waals surface area contributed by atoms with Crippen molar-refractivity contribution in [1.29, 1.82) is 0 Å². The molecule has 0 heterocycles. The van der Waals surface area contributed by atoms with Gasteiger partial charge in [0.25, 0.3) is 0 Å². The Morgan fingerprint density at radius 3 is 2.22 bits per heavy atom. The Labute approximate surface area is 246 Å². The summed E-state index contributed by atoms with van der Waals surface area (Å²) in [6, 6.07) is 15.2. The fourth-order valence-corrected chi connectivity index (χ4v) is 4.54. The summed E-state index contributed by atoms with van der Waals surface area (Å²) in [5.41, 5.74) is 1.17. The molecule has 0 spiro atoms. The number of unbranched alkanes of at least 4 members (excludes halogenated alkanes) is 3. The Balaban J connectivity index is 2.60. The Morgan fingerprint density at radius 2 is 1.63 bits per heavy atom. The normalized spacial score (nSPS) is 13.0. The summed E-state index contributed by atoms with van der Waals surface area (Å²) >= 11 is 0. The highest BCUT2D eigenvalue weighted by atomic mass is 16.6. The van der Waals surface area contributed by atoms with Gasteiger partial charge in [-0.15, -0.1) is 0 Å². The minimum Gasteiger partial charge on any atom is -0.444 e. The molecular weight excluding hydrogens is 514 g/mol. The lowest BCUT2D eigenvalue weighted by atomic mass is 9.97. The number of carbonyl (C=O) groups is 3. The first-order chi connectivity index (χ1) is 19.2. The summed E-state index contributed by atoms with van der Waals surface area (Å²) in [7, 11) is 0. The van der Waals surface area contributed by atoms with Crippen LogP contribution >= 0.6 is 0 Å². The van der Waals surface area contributed by atoms with Gasteiger partial charge < -0.3 is 20.3 Å². The second-order valence-electron chi connectivity index (χ2n) is 12.5. The fourth-order valence-electron chi connectivity index (χ4n) is 4.54. The number of amides is 3. The van der Waals surface area contributed by atoms with Crippen LogP contribution < -0.4 is 10.6 Å². The van der Waals surface area contributed by atoms with Crippen molar-refractivity contribution in [2.45, 2.75) is 104 Å². The summed E-state index contributed by atoms with van der Waals surface area (Å²) in [5, 5.41) is 5.90. The van der Waals surface area contributed by atoms with Gasteiger partial charge in [-0.2, -0.15) is 0 Å². The molecular formula is C34H49N3O4. The second kappa shape index (κ2) is 15.4. The van der Waals surface area contributed by atoms with Crippen LogP contribution in [0, 0.1) is 0 Å². The zero-order valence-electron chi connectivity index (χ0n) is 26.0. The predicted molar refractivity (Wildman–Crippen MR) is 166 cm³/mol. The molecule has 0 aliphatic carbocycles. The van der Waals surface area contributed by atoms with Gasteiger partial charge in [0.15, 0.2) is 0 Å². The van der Waals surface area contributed by atoms with Gasteiger partial charge in [0.1, 0.15) is 17.7 Å². The average molecular weight is 564 g/mol. The molecule has 0 radical (unpaired) electrons. The van der Waals surface area contributed by atoms with Crippen molar-refractivity contribution < 1.29 is 19.1 Å². The van der Waals surface area contributed by atoms with Gasteiger partial charge in [-0.3, -0.25) is 9.59 Å². The van der Waals surface area contributed by atoms with Crippen molar-refractivity contribution in [2.75, 3.05) is 6.54 Å². The van der Waals surface area contributed by atoms with Gasteiger partial charge in [-0.05, 0) is 70.7 Å². The first-order valence-electron chi connectivity index (χ1n) is 14.6. The Bertz CT molecular complexity index is 1150. The lowest BCUT2D eigenvalue weighted by Gasteiger charge is -2.36. The Morgan fingerprint density at radius 1 is 0.951 bits per heavy atom. The molecule has 7 heteroatoms. The maximum absolute atomic E-state index is 14.5. The summed E-state index contributed by atoms with van der Waals surface area (Å²) < 4.78 is 5.53. The number of ether oxygens (including phenoxy) is 1. The van der Waals surface area contributed by atoms with Crippen LogP contribution in [0.3, 0.4) is 0 Å². The SMILES string of the molecule is C=Cc1cccc(C(C(=O)NC(C)(C)C)N(CCCCCC)C(=O)C(Cc2ccccc2)NC(=O)OC(C)(C)C)c1. The molecule has 0 bridgehead atoms. The highest BCUT2D eigenvalue weighted by Crippen LogP contribution is 2.26.